The first-order valence-corrected chi connectivity index (χ1v) is 15.4. The summed E-state index contributed by atoms with van der Waals surface area (Å²) in [4.78, 5) is 11.6. The van der Waals surface area contributed by atoms with Gasteiger partial charge in [0.15, 0.2) is 16.1 Å². The van der Waals surface area contributed by atoms with Crippen molar-refractivity contribution in [3.05, 3.63) is 54.6 Å². The number of nitrogens with zero attached hydrogens (tertiary/aromatic N) is 5. The third-order valence-electron chi connectivity index (χ3n) is 7.69. The van der Waals surface area contributed by atoms with Gasteiger partial charge in [-0.15, -0.1) is 0 Å². The Labute approximate surface area is 232 Å². The van der Waals surface area contributed by atoms with Crippen molar-refractivity contribution in [3.8, 4) is 22.5 Å². The highest BCUT2D eigenvalue weighted by atomic mass is 32.2. The van der Waals surface area contributed by atoms with Gasteiger partial charge in [-0.05, 0) is 56.0 Å². The van der Waals surface area contributed by atoms with Crippen LogP contribution in [0.15, 0.2) is 53.7 Å². The summed E-state index contributed by atoms with van der Waals surface area (Å²) in [6.07, 6.45) is 6.10. The number of anilines is 1. The zero-order chi connectivity index (χ0) is 27.9. The molecule has 2 aliphatic rings. The number of morpholine rings is 1. The third-order valence-corrected chi connectivity index (χ3v) is 9.43. The normalized spacial score (nSPS) is 20.2. The molecule has 4 aromatic rings. The molecule has 11 heteroatoms. The lowest BCUT2D eigenvalue weighted by atomic mass is 9.99. The van der Waals surface area contributed by atoms with Crippen molar-refractivity contribution in [1.82, 2.24) is 19.7 Å². The molecule has 9 nitrogen and oxygen atoms in total. The zero-order valence-electron chi connectivity index (χ0n) is 22.6. The minimum Gasteiger partial charge on any atom is -0.377 e. The molecule has 0 aliphatic carbocycles. The van der Waals surface area contributed by atoms with Gasteiger partial charge in [-0.1, -0.05) is 19.1 Å². The van der Waals surface area contributed by atoms with E-state index in [1.807, 2.05) is 16.8 Å². The second kappa shape index (κ2) is 10.9. The highest BCUT2D eigenvalue weighted by Crippen LogP contribution is 2.39. The molecule has 2 saturated heterocycles. The first kappa shape index (κ1) is 26.8. The molecule has 40 heavy (non-hydrogen) atoms. The largest absolute Gasteiger partial charge is 0.377 e. The molecule has 210 valence electrons. The molecule has 0 radical (unpaired) electrons. The zero-order valence-corrected chi connectivity index (χ0v) is 23.4. The Hall–Kier alpha value is -3.41. The third kappa shape index (κ3) is 4.76. The number of benzene rings is 1. The summed E-state index contributed by atoms with van der Waals surface area (Å²) in [6.45, 7) is 5.95. The van der Waals surface area contributed by atoms with Gasteiger partial charge in [-0.3, -0.25) is 4.98 Å². The van der Waals surface area contributed by atoms with Crippen LogP contribution in [0.1, 0.15) is 39.3 Å². The summed E-state index contributed by atoms with van der Waals surface area (Å²) in [5.74, 6) is -0.310. The van der Waals surface area contributed by atoms with E-state index in [1.54, 1.807) is 30.6 Å². The molecule has 2 fully saturated rings. The number of sulfone groups is 1. The van der Waals surface area contributed by atoms with Gasteiger partial charge in [-0.25, -0.2) is 22.5 Å². The number of halogens is 1. The molecular weight excluding hydrogens is 533 g/mol. The summed E-state index contributed by atoms with van der Waals surface area (Å²) in [5.41, 5.74) is 2.68. The highest BCUT2D eigenvalue weighted by molar-refractivity contribution is 7.91. The molecule has 2 atom stereocenters. The van der Waals surface area contributed by atoms with Crippen LogP contribution >= 0.6 is 0 Å². The number of aromatic nitrogens is 4. The Kier molecular flexibility index (Phi) is 7.28. The van der Waals surface area contributed by atoms with Gasteiger partial charge in [0, 0.05) is 36.5 Å². The van der Waals surface area contributed by atoms with Crippen LogP contribution in [0.3, 0.4) is 0 Å². The van der Waals surface area contributed by atoms with E-state index in [0.29, 0.717) is 54.3 Å². The summed E-state index contributed by atoms with van der Waals surface area (Å²) >= 11 is 0. The average molecular weight is 566 g/mol. The molecule has 0 spiro atoms. The Morgan fingerprint density at radius 3 is 2.75 bits per heavy atom. The van der Waals surface area contributed by atoms with Crippen LogP contribution in [0.4, 0.5) is 10.2 Å². The SMILES string of the molecule is CCS(=O)(=O)c1cccc(-c2cc(N3CCOC[C@H]3C)nc3c(-c4ccnn4C4CCCCO4)nccc23)c1F. The topological polar surface area (TPSA) is 99.4 Å². The van der Waals surface area contributed by atoms with Gasteiger partial charge in [0.25, 0.3) is 0 Å². The highest BCUT2D eigenvalue weighted by Gasteiger charge is 2.27. The van der Waals surface area contributed by atoms with Crippen LogP contribution in [-0.4, -0.2) is 66.3 Å². The summed E-state index contributed by atoms with van der Waals surface area (Å²) in [7, 11) is -3.77. The fraction of sp³-hybridized carbons (Fsp3) is 0.414. The van der Waals surface area contributed by atoms with Crippen molar-refractivity contribution in [2.45, 2.75) is 50.3 Å². The molecule has 0 saturated carbocycles. The van der Waals surface area contributed by atoms with E-state index in [4.69, 9.17) is 19.4 Å². The number of hydrogen-bond acceptors (Lipinski definition) is 8. The molecule has 0 amide bonds. The quantitative estimate of drug-likeness (QED) is 0.322. The molecule has 1 aromatic carbocycles. The fourth-order valence-electron chi connectivity index (χ4n) is 5.53. The van der Waals surface area contributed by atoms with E-state index in [0.717, 1.165) is 25.0 Å². The lowest BCUT2D eigenvalue weighted by Crippen LogP contribution is -2.44. The first-order valence-electron chi connectivity index (χ1n) is 13.7. The van der Waals surface area contributed by atoms with E-state index in [-0.39, 0.29) is 28.5 Å². The maximum Gasteiger partial charge on any atom is 0.181 e. The lowest BCUT2D eigenvalue weighted by Gasteiger charge is -2.34. The maximum atomic E-state index is 16.0. The molecule has 3 aromatic heterocycles. The standard InChI is InChI=1S/C29H32FN5O4S/c1-3-40(36,37)24-8-6-7-20(27(24)30)22-17-25(34-14-16-38-18-19(34)2)33-28-21(22)10-12-31-29(28)23-11-13-32-35(23)26-9-4-5-15-39-26/h6-8,10-13,17,19,26H,3-5,9,14-16,18H2,1-2H3/t19-,26?/m1/s1. The van der Waals surface area contributed by atoms with Crippen molar-refractivity contribution in [2.24, 2.45) is 0 Å². The second-order valence-corrected chi connectivity index (χ2v) is 12.5. The Morgan fingerprint density at radius 2 is 1.98 bits per heavy atom. The number of rotatable bonds is 6. The smallest absolute Gasteiger partial charge is 0.181 e. The summed E-state index contributed by atoms with van der Waals surface area (Å²) in [6, 6.07) is 10.1. The van der Waals surface area contributed by atoms with Gasteiger partial charge in [0.1, 0.15) is 27.7 Å². The Morgan fingerprint density at radius 1 is 1.10 bits per heavy atom. The minimum atomic E-state index is -3.77. The van der Waals surface area contributed by atoms with Crippen molar-refractivity contribution in [3.63, 3.8) is 0 Å². The molecule has 1 unspecified atom stereocenters. The van der Waals surface area contributed by atoms with Gasteiger partial charge in [0.05, 0.1) is 30.7 Å². The van der Waals surface area contributed by atoms with E-state index < -0.39 is 15.7 Å². The van der Waals surface area contributed by atoms with Gasteiger partial charge < -0.3 is 14.4 Å². The number of fused-ring (bicyclic) bond motifs is 1. The van der Waals surface area contributed by atoms with Crippen LogP contribution in [0.5, 0.6) is 0 Å². The van der Waals surface area contributed by atoms with Crippen molar-refractivity contribution >= 4 is 26.6 Å². The second-order valence-electron chi connectivity index (χ2n) is 10.2. The predicted octanol–water partition coefficient (Wildman–Crippen LogP) is 5.02. The number of hydrogen-bond donors (Lipinski definition) is 0. The Balaban J connectivity index is 1.60. The minimum absolute atomic E-state index is 0.0458. The predicted molar refractivity (Wildman–Crippen MR) is 150 cm³/mol. The summed E-state index contributed by atoms with van der Waals surface area (Å²) in [5, 5.41) is 5.22. The van der Waals surface area contributed by atoms with Gasteiger partial charge in [0.2, 0.25) is 0 Å². The van der Waals surface area contributed by atoms with E-state index in [9.17, 15) is 8.42 Å². The van der Waals surface area contributed by atoms with E-state index in [2.05, 4.69) is 16.9 Å². The van der Waals surface area contributed by atoms with Crippen LogP contribution in [0.25, 0.3) is 33.4 Å². The lowest BCUT2D eigenvalue weighted by molar-refractivity contribution is -0.0383. The molecule has 0 bridgehead atoms. The first-order chi connectivity index (χ1) is 19.4. The van der Waals surface area contributed by atoms with Crippen molar-refractivity contribution in [1.29, 1.82) is 0 Å². The average Bonchev–Trinajstić information content (AvgIpc) is 3.47. The van der Waals surface area contributed by atoms with Gasteiger partial charge in [-0.2, -0.15) is 5.10 Å². The number of pyridine rings is 2. The summed E-state index contributed by atoms with van der Waals surface area (Å²) < 4.78 is 55.0. The molecule has 5 heterocycles. The molecular formula is C29H32FN5O4S. The van der Waals surface area contributed by atoms with Crippen LogP contribution in [0, 0.1) is 5.82 Å². The van der Waals surface area contributed by atoms with Crippen LogP contribution in [-0.2, 0) is 19.3 Å². The molecule has 2 aliphatic heterocycles. The maximum absolute atomic E-state index is 16.0. The molecule has 6 rings (SSSR count). The van der Waals surface area contributed by atoms with Crippen LogP contribution < -0.4 is 4.90 Å². The fourth-order valence-corrected chi connectivity index (χ4v) is 6.51. The number of ether oxygens (including phenoxy) is 2. The van der Waals surface area contributed by atoms with Crippen LogP contribution in [0.2, 0.25) is 0 Å². The van der Waals surface area contributed by atoms with E-state index in [1.165, 1.54) is 13.0 Å². The molecule has 0 N–H and O–H groups in total. The van der Waals surface area contributed by atoms with Crippen molar-refractivity contribution < 1.29 is 22.3 Å². The van der Waals surface area contributed by atoms with Crippen molar-refractivity contribution in [2.75, 3.05) is 37.0 Å². The Bertz CT molecular complexity index is 1650. The van der Waals surface area contributed by atoms with E-state index >= 15 is 4.39 Å². The monoisotopic (exact) mass is 565 g/mol. The van der Waals surface area contributed by atoms with Gasteiger partial charge >= 0.3 is 0 Å².